The SMILES string of the molecule is CCC(=O)CN1C(=O)N(c2cccc(C(F)(F)F)c2)C2=C(C(=O)NCC2)C1c1ccc(C#N)cc1. The third kappa shape index (κ3) is 4.49. The summed E-state index contributed by atoms with van der Waals surface area (Å²) >= 11 is 0. The first-order valence-electron chi connectivity index (χ1n) is 11.0. The van der Waals surface area contributed by atoms with Crippen LogP contribution in [0.15, 0.2) is 59.8 Å². The Labute approximate surface area is 199 Å². The summed E-state index contributed by atoms with van der Waals surface area (Å²) in [6, 6.07) is 11.0. The number of carbonyl (C=O) groups excluding carboxylic acids is 3. The number of nitrogens with zero attached hydrogens (tertiary/aromatic N) is 3. The second-order valence-corrected chi connectivity index (χ2v) is 8.19. The molecule has 10 heteroatoms. The number of anilines is 1. The van der Waals surface area contributed by atoms with Gasteiger partial charge >= 0.3 is 12.2 Å². The predicted molar refractivity (Wildman–Crippen MR) is 120 cm³/mol. The molecule has 4 rings (SSSR count). The van der Waals surface area contributed by atoms with E-state index in [1.54, 1.807) is 31.2 Å². The second-order valence-electron chi connectivity index (χ2n) is 8.19. The molecule has 2 aliphatic rings. The fraction of sp³-hybridized carbons (Fsp3) is 0.280. The van der Waals surface area contributed by atoms with Gasteiger partial charge in [-0.1, -0.05) is 25.1 Å². The quantitative estimate of drug-likeness (QED) is 0.687. The van der Waals surface area contributed by atoms with Gasteiger partial charge in [-0.2, -0.15) is 18.4 Å². The first-order valence-corrected chi connectivity index (χ1v) is 11.0. The molecular weight excluding hydrogens is 461 g/mol. The Morgan fingerprint density at radius 3 is 2.51 bits per heavy atom. The van der Waals surface area contributed by atoms with Crippen LogP contribution in [-0.4, -0.2) is 35.7 Å². The average Bonchev–Trinajstić information content (AvgIpc) is 2.84. The molecule has 0 bridgehead atoms. The van der Waals surface area contributed by atoms with Gasteiger partial charge in [-0.05, 0) is 35.9 Å². The van der Waals surface area contributed by atoms with E-state index in [0.717, 1.165) is 17.0 Å². The molecular formula is C25H21F3N4O3. The lowest BCUT2D eigenvalue weighted by atomic mass is 9.88. The van der Waals surface area contributed by atoms with Gasteiger partial charge in [0.05, 0.1) is 41.0 Å². The number of nitrogens with one attached hydrogen (secondary N) is 1. The first kappa shape index (κ1) is 24.0. The molecule has 0 fully saturated rings. The molecule has 0 spiro atoms. The summed E-state index contributed by atoms with van der Waals surface area (Å²) in [7, 11) is 0. The maximum absolute atomic E-state index is 13.8. The van der Waals surface area contributed by atoms with Crippen LogP contribution < -0.4 is 10.2 Å². The molecule has 35 heavy (non-hydrogen) atoms. The highest BCUT2D eigenvalue weighted by molar-refractivity contribution is 6.06. The highest BCUT2D eigenvalue weighted by Gasteiger charge is 2.45. The van der Waals surface area contributed by atoms with E-state index in [-0.39, 0.29) is 48.7 Å². The molecule has 0 saturated heterocycles. The van der Waals surface area contributed by atoms with Crippen molar-refractivity contribution in [2.24, 2.45) is 0 Å². The Morgan fingerprint density at radius 1 is 1.17 bits per heavy atom. The van der Waals surface area contributed by atoms with Crippen molar-refractivity contribution in [2.75, 3.05) is 18.0 Å². The van der Waals surface area contributed by atoms with E-state index in [2.05, 4.69) is 5.32 Å². The largest absolute Gasteiger partial charge is 0.416 e. The van der Waals surface area contributed by atoms with Crippen molar-refractivity contribution < 1.29 is 27.6 Å². The molecule has 2 aliphatic heterocycles. The summed E-state index contributed by atoms with van der Waals surface area (Å²) in [6.07, 6.45) is -4.28. The highest BCUT2D eigenvalue weighted by Crippen LogP contribution is 2.42. The topological polar surface area (TPSA) is 93.5 Å². The van der Waals surface area contributed by atoms with Crippen molar-refractivity contribution in [3.8, 4) is 6.07 Å². The van der Waals surface area contributed by atoms with Crippen LogP contribution in [0.2, 0.25) is 0 Å². The summed E-state index contributed by atoms with van der Waals surface area (Å²) in [5.41, 5.74) is 0.374. The summed E-state index contributed by atoms with van der Waals surface area (Å²) in [5.74, 6) is -0.750. The fourth-order valence-electron chi connectivity index (χ4n) is 4.31. The zero-order valence-electron chi connectivity index (χ0n) is 18.7. The number of hydrogen-bond acceptors (Lipinski definition) is 4. The van der Waals surface area contributed by atoms with Crippen LogP contribution in [0.4, 0.5) is 23.7 Å². The fourth-order valence-corrected chi connectivity index (χ4v) is 4.31. The summed E-state index contributed by atoms with van der Waals surface area (Å²) in [6.45, 7) is 1.50. The number of ketones is 1. The standard InChI is InChI=1S/C25H21F3N4O3/c1-2-19(33)14-31-22(16-8-6-15(13-29)7-9-16)21-20(10-11-30-23(21)34)32(24(31)35)18-5-3-4-17(12-18)25(26,27)28/h3-9,12,22H,2,10-11,14H2,1H3,(H,30,34). The lowest BCUT2D eigenvalue weighted by molar-refractivity contribution is -0.137. The number of rotatable bonds is 5. The molecule has 3 amide bonds. The minimum atomic E-state index is -4.63. The van der Waals surface area contributed by atoms with Gasteiger partial charge < -0.3 is 10.2 Å². The van der Waals surface area contributed by atoms with Crippen LogP contribution in [-0.2, 0) is 15.8 Å². The summed E-state index contributed by atoms with van der Waals surface area (Å²) in [5, 5.41) is 11.9. The van der Waals surface area contributed by atoms with Crippen LogP contribution in [0.1, 0.15) is 42.5 Å². The van der Waals surface area contributed by atoms with Crippen molar-refractivity contribution in [3.05, 3.63) is 76.5 Å². The van der Waals surface area contributed by atoms with E-state index in [1.165, 1.54) is 17.0 Å². The molecule has 2 heterocycles. The lowest BCUT2D eigenvalue weighted by Gasteiger charge is -2.45. The van der Waals surface area contributed by atoms with E-state index in [4.69, 9.17) is 5.26 Å². The van der Waals surface area contributed by atoms with E-state index in [9.17, 15) is 27.6 Å². The Balaban J connectivity index is 1.93. The van der Waals surface area contributed by atoms with Crippen LogP contribution in [0.3, 0.4) is 0 Å². The van der Waals surface area contributed by atoms with Gasteiger partial charge in [-0.3, -0.25) is 14.5 Å². The number of benzene rings is 2. The van der Waals surface area contributed by atoms with Crippen LogP contribution >= 0.6 is 0 Å². The Bertz CT molecular complexity index is 1260. The molecule has 1 atom stereocenters. The first-order chi connectivity index (χ1) is 16.7. The molecule has 0 aromatic heterocycles. The van der Waals surface area contributed by atoms with Crippen molar-refractivity contribution >= 4 is 23.4 Å². The van der Waals surface area contributed by atoms with Gasteiger partial charge in [0.2, 0.25) is 0 Å². The molecule has 180 valence electrons. The van der Waals surface area contributed by atoms with Gasteiger partial charge in [0.1, 0.15) is 0 Å². The summed E-state index contributed by atoms with van der Waals surface area (Å²) in [4.78, 5) is 41.7. The molecule has 2 aromatic carbocycles. The number of halogens is 3. The van der Waals surface area contributed by atoms with Crippen LogP contribution in [0.5, 0.6) is 0 Å². The Hall–Kier alpha value is -4.13. The van der Waals surface area contributed by atoms with Gasteiger partial charge in [0, 0.05) is 25.1 Å². The number of carbonyl (C=O) groups is 3. The van der Waals surface area contributed by atoms with E-state index in [0.29, 0.717) is 11.1 Å². The number of amides is 3. The van der Waals surface area contributed by atoms with Crippen LogP contribution in [0.25, 0.3) is 0 Å². The molecule has 0 radical (unpaired) electrons. The smallest absolute Gasteiger partial charge is 0.352 e. The van der Waals surface area contributed by atoms with Gasteiger partial charge in [0.15, 0.2) is 5.78 Å². The number of urea groups is 1. The monoisotopic (exact) mass is 482 g/mol. The maximum Gasteiger partial charge on any atom is 0.416 e. The van der Waals surface area contributed by atoms with Gasteiger partial charge in [-0.25, -0.2) is 4.79 Å². The van der Waals surface area contributed by atoms with Crippen LogP contribution in [0, 0.1) is 11.3 Å². The number of nitriles is 1. The number of Topliss-reactive ketones (excluding diaryl/α,β-unsaturated/α-hetero) is 1. The van der Waals surface area contributed by atoms with Crippen molar-refractivity contribution in [2.45, 2.75) is 32.0 Å². The van der Waals surface area contributed by atoms with Gasteiger partial charge in [-0.15, -0.1) is 0 Å². The molecule has 0 saturated carbocycles. The molecule has 2 aromatic rings. The third-order valence-corrected chi connectivity index (χ3v) is 6.02. The highest BCUT2D eigenvalue weighted by atomic mass is 19.4. The molecule has 1 N–H and O–H groups in total. The lowest BCUT2D eigenvalue weighted by Crippen LogP contribution is -2.55. The van der Waals surface area contributed by atoms with E-state index >= 15 is 0 Å². The predicted octanol–water partition coefficient (Wildman–Crippen LogP) is 4.31. The van der Waals surface area contributed by atoms with Crippen molar-refractivity contribution in [3.63, 3.8) is 0 Å². The molecule has 1 unspecified atom stereocenters. The second kappa shape index (κ2) is 9.25. The normalized spacial score (nSPS) is 18.2. The zero-order valence-corrected chi connectivity index (χ0v) is 18.7. The van der Waals surface area contributed by atoms with E-state index < -0.39 is 29.7 Å². The number of alkyl halides is 3. The van der Waals surface area contributed by atoms with E-state index in [1.807, 2.05) is 6.07 Å². The minimum absolute atomic E-state index is 0.0424. The van der Waals surface area contributed by atoms with Crippen molar-refractivity contribution in [1.82, 2.24) is 10.2 Å². The Morgan fingerprint density at radius 2 is 1.89 bits per heavy atom. The number of hydrogen-bond donors (Lipinski definition) is 1. The van der Waals surface area contributed by atoms with Crippen molar-refractivity contribution in [1.29, 1.82) is 5.26 Å². The molecule has 7 nitrogen and oxygen atoms in total. The zero-order chi connectivity index (χ0) is 25.3. The summed E-state index contributed by atoms with van der Waals surface area (Å²) < 4.78 is 40.2. The molecule has 0 aliphatic carbocycles. The third-order valence-electron chi connectivity index (χ3n) is 6.02. The minimum Gasteiger partial charge on any atom is -0.352 e. The maximum atomic E-state index is 13.8. The van der Waals surface area contributed by atoms with Gasteiger partial charge in [0.25, 0.3) is 5.91 Å². The Kier molecular flexibility index (Phi) is 6.35. The average molecular weight is 482 g/mol.